The second-order valence-electron chi connectivity index (χ2n) is 9.54. The lowest BCUT2D eigenvalue weighted by Crippen LogP contribution is -2.48. The van der Waals surface area contributed by atoms with E-state index in [-0.39, 0.29) is 30.1 Å². The number of ether oxygens (including phenoxy) is 1. The zero-order valence-electron chi connectivity index (χ0n) is 19.7. The zero-order valence-corrected chi connectivity index (χ0v) is 19.7. The summed E-state index contributed by atoms with van der Waals surface area (Å²) in [5.74, 6) is -1.11. The second kappa shape index (κ2) is 9.02. The van der Waals surface area contributed by atoms with Crippen LogP contribution < -0.4 is 5.32 Å². The van der Waals surface area contributed by atoms with Crippen molar-refractivity contribution in [3.63, 3.8) is 0 Å². The Morgan fingerprint density at radius 2 is 1.58 bits per heavy atom. The molecule has 0 aliphatic carbocycles. The van der Waals surface area contributed by atoms with Crippen molar-refractivity contribution in [3.05, 3.63) is 70.5 Å². The molecule has 11 heteroatoms. The molecule has 5 atom stereocenters. The number of carbonyl (C=O) groups is 1. The van der Waals surface area contributed by atoms with E-state index in [1.807, 2.05) is 0 Å². The Kier molecular flexibility index (Phi) is 6.62. The van der Waals surface area contributed by atoms with E-state index < -0.39 is 53.0 Å². The predicted octanol–water partition coefficient (Wildman–Crippen LogP) is 5.69. The first-order chi connectivity index (χ1) is 16.6. The quantitative estimate of drug-likeness (QED) is 0.518. The molecule has 1 amide bonds. The third-order valence-corrected chi connectivity index (χ3v) is 7.21. The topological polar surface area (TPSA) is 41.6 Å². The van der Waals surface area contributed by atoms with Crippen LogP contribution in [0.1, 0.15) is 54.5 Å². The molecule has 0 spiro atoms. The Morgan fingerprint density at radius 3 is 2.08 bits per heavy atom. The molecule has 0 aromatic heterocycles. The number of carbonyl (C=O) groups excluding carboxylic acids is 1. The SMILES string of the molecule is CN[C@@]1(C)C[C@H]2[C@H](c3ccc(F)cc3)[C@@H](O[C@H](C)c3cc(C(F)(F)F)cc(C(F)(F)F)c3)CN2C1=O. The van der Waals surface area contributed by atoms with Crippen LogP contribution in [0.5, 0.6) is 0 Å². The van der Waals surface area contributed by atoms with E-state index in [0.717, 1.165) is 0 Å². The Balaban J connectivity index is 1.68. The first kappa shape index (κ1) is 26.4. The summed E-state index contributed by atoms with van der Waals surface area (Å²) < 4.78 is 99.7. The summed E-state index contributed by atoms with van der Waals surface area (Å²) >= 11 is 0. The van der Waals surface area contributed by atoms with Crippen molar-refractivity contribution < 1.29 is 40.3 Å². The van der Waals surface area contributed by atoms with Crippen LogP contribution in [0.15, 0.2) is 42.5 Å². The number of fused-ring (bicyclic) bond motifs is 1. The van der Waals surface area contributed by atoms with Crippen LogP contribution in [0.2, 0.25) is 0 Å². The minimum Gasteiger partial charge on any atom is -0.368 e. The molecule has 2 aliphatic rings. The maximum Gasteiger partial charge on any atom is 0.416 e. The number of nitrogens with one attached hydrogen (secondary N) is 1. The lowest BCUT2D eigenvalue weighted by Gasteiger charge is -2.29. The fraction of sp³-hybridized carbons (Fsp3) is 0.480. The van der Waals surface area contributed by atoms with Gasteiger partial charge in [-0.25, -0.2) is 4.39 Å². The average molecular weight is 518 g/mol. The molecule has 4 rings (SSSR count). The van der Waals surface area contributed by atoms with Crippen LogP contribution in [0.3, 0.4) is 0 Å². The standard InChI is InChI=1S/C25H25F7N2O2/c1-13(15-8-16(24(27,28)29)10-17(9-15)25(30,31)32)36-20-12-34-19(11-23(2,33-3)22(34)35)21(20)14-4-6-18(26)7-5-14/h4-10,13,19-21,33H,11-12H2,1-3H3/t13-,19+,20+,21+,23+/m1/s1. The normalized spacial score (nSPS) is 27.4. The molecular weight excluding hydrogens is 493 g/mol. The summed E-state index contributed by atoms with van der Waals surface area (Å²) in [5.41, 5.74) is -3.31. The predicted molar refractivity (Wildman–Crippen MR) is 116 cm³/mol. The van der Waals surface area contributed by atoms with Gasteiger partial charge in [0.2, 0.25) is 5.91 Å². The molecule has 2 saturated heterocycles. The summed E-state index contributed by atoms with van der Waals surface area (Å²) in [7, 11) is 1.66. The van der Waals surface area contributed by atoms with Gasteiger partial charge < -0.3 is 15.0 Å². The second-order valence-corrected chi connectivity index (χ2v) is 9.54. The molecule has 0 bridgehead atoms. The highest BCUT2D eigenvalue weighted by molar-refractivity contribution is 5.89. The lowest BCUT2D eigenvalue weighted by molar-refractivity contribution is -0.143. The van der Waals surface area contributed by atoms with Gasteiger partial charge in [-0.3, -0.25) is 4.79 Å². The molecule has 2 aromatic carbocycles. The number of likely N-dealkylation sites (N-methyl/N-ethyl adjacent to an activating group) is 1. The highest BCUT2D eigenvalue weighted by atomic mass is 19.4. The van der Waals surface area contributed by atoms with Crippen molar-refractivity contribution in [2.24, 2.45) is 0 Å². The van der Waals surface area contributed by atoms with Gasteiger partial charge in [-0.2, -0.15) is 26.3 Å². The molecule has 2 fully saturated rings. The van der Waals surface area contributed by atoms with Gasteiger partial charge >= 0.3 is 12.4 Å². The minimum absolute atomic E-state index is 0.0699. The molecule has 196 valence electrons. The van der Waals surface area contributed by atoms with Gasteiger partial charge in [0.15, 0.2) is 0 Å². The molecule has 4 nitrogen and oxygen atoms in total. The Morgan fingerprint density at radius 1 is 1.03 bits per heavy atom. The average Bonchev–Trinajstić information content (AvgIpc) is 3.26. The van der Waals surface area contributed by atoms with Gasteiger partial charge in [0.1, 0.15) is 5.82 Å². The van der Waals surface area contributed by atoms with E-state index in [4.69, 9.17) is 4.74 Å². The van der Waals surface area contributed by atoms with Crippen molar-refractivity contribution in [2.45, 2.75) is 62.3 Å². The molecule has 0 saturated carbocycles. The number of hydrogen-bond acceptors (Lipinski definition) is 3. The van der Waals surface area contributed by atoms with Crippen molar-refractivity contribution in [3.8, 4) is 0 Å². The van der Waals surface area contributed by atoms with Crippen LogP contribution in [0, 0.1) is 5.82 Å². The fourth-order valence-corrected chi connectivity index (χ4v) is 5.19. The van der Waals surface area contributed by atoms with Gasteiger partial charge in [-0.1, -0.05) is 12.1 Å². The van der Waals surface area contributed by atoms with Crippen LogP contribution >= 0.6 is 0 Å². The van der Waals surface area contributed by atoms with Crippen LogP contribution in [-0.2, 0) is 21.9 Å². The van der Waals surface area contributed by atoms with Crippen LogP contribution in [0.25, 0.3) is 0 Å². The Hall–Kier alpha value is -2.66. The third-order valence-electron chi connectivity index (χ3n) is 7.21. The first-order valence-electron chi connectivity index (χ1n) is 11.3. The smallest absolute Gasteiger partial charge is 0.368 e. The largest absolute Gasteiger partial charge is 0.416 e. The molecular formula is C25H25F7N2O2. The fourth-order valence-electron chi connectivity index (χ4n) is 5.19. The van der Waals surface area contributed by atoms with E-state index in [1.54, 1.807) is 31.0 Å². The molecule has 2 aliphatic heterocycles. The van der Waals surface area contributed by atoms with E-state index in [1.165, 1.54) is 19.1 Å². The number of halogens is 7. The number of benzene rings is 2. The van der Waals surface area contributed by atoms with E-state index in [0.29, 0.717) is 24.1 Å². The first-order valence-corrected chi connectivity index (χ1v) is 11.3. The summed E-state index contributed by atoms with van der Waals surface area (Å²) in [6.45, 7) is 3.23. The summed E-state index contributed by atoms with van der Waals surface area (Å²) in [6, 6.07) is 6.64. The number of alkyl halides is 6. The van der Waals surface area contributed by atoms with Gasteiger partial charge in [-0.05, 0) is 68.8 Å². The highest BCUT2D eigenvalue weighted by Gasteiger charge is 2.57. The maximum atomic E-state index is 13.6. The lowest BCUT2D eigenvalue weighted by atomic mass is 9.84. The van der Waals surface area contributed by atoms with Gasteiger partial charge in [0.05, 0.1) is 28.9 Å². The summed E-state index contributed by atoms with van der Waals surface area (Å²) in [6.07, 6.45) is -11.4. The van der Waals surface area contributed by atoms with E-state index >= 15 is 0 Å². The molecule has 0 radical (unpaired) electrons. The molecule has 2 heterocycles. The van der Waals surface area contributed by atoms with Gasteiger partial charge in [-0.15, -0.1) is 0 Å². The highest BCUT2D eigenvalue weighted by Crippen LogP contribution is 2.46. The number of rotatable bonds is 5. The van der Waals surface area contributed by atoms with E-state index in [9.17, 15) is 35.5 Å². The monoisotopic (exact) mass is 518 g/mol. The van der Waals surface area contributed by atoms with Gasteiger partial charge in [0, 0.05) is 18.5 Å². The van der Waals surface area contributed by atoms with Crippen LogP contribution in [0.4, 0.5) is 30.7 Å². The van der Waals surface area contributed by atoms with E-state index in [2.05, 4.69) is 5.32 Å². The van der Waals surface area contributed by atoms with Gasteiger partial charge in [0.25, 0.3) is 0 Å². The minimum atomic E-state index is -4.98. The third kappa shape index (κ3) is 4.82. The van der Waals surface area contributed by atoms with Crippen molar-refractivity contribution in [1.82, 2.24) is 10.2 Å². The number of hydrogen-bond donors (Lipinski definition) is 1. The number of amides is 1. The molecule has 0 unspecified atom stereocenters. The molecule has 2 aromatic rings. The van der Waals surface area contributed by atoms with Crippen molar-refractivity contribution >= 4 is 5.91 Å². The zero-order chi connectivity index (χ0) is 26.6. The molecule has 36 heavy (non-hydrogen) atoms. The summed E-state index contributed by atoms with van der Waals surface area (Å²) in [5, 5.41) is 3.02. The van der Waals surface area contributed by atoms with Crippen molar-refractivity contribution in [1.29, 1.82) is 0 Å². The Labute approximate surface area is 203 Å². The van der Waals surface area contributed by atoms with Crippen molar-refractivity contribution in [2.75, 3.05) is 13.6 Å². The maximum absolute atomic E-state index is 13.6. The summed E-state index contributed by atoms with van der Waals surface area (Å²) in [4.78, 5) is 14.7. The number of nitrogens with zero attached hydrogens (tertiary/aromatic N) is 1. The van der Waals surface area contributed by atoms with Crippen LogP contribution in [-0.4, -0.2) is 42.1 Å². The molecule has 1 N–H and O–H groups in total. The Bertz CT molecular complexity index is 1100.